The van der Waals surface area contributed by atoms with Gasteiger partial charge in [0.15, 0.2) is 0 Å². The normalized spacial score (nSPS) is 18.9. The molecule has 1 fully saturated rings. The highest BCUT2D eigenvalue weighted by Crippen LogP contribution is 2.22. The molecule has 1 aliphatic rings. The lowest BCUT2D eigenvalue weighted by atomic mass is 10.1. The molecule has 2 aromatic rings. The number of unbranched alkanes of at least 4 members (excludes halogenated alkanes) is 1. The Balaban J connectivity index is 1.70. The minimum absolute atomic E-state index is 0.667. The van der Waals surface area contributed by atoms with E-state index in [1.807, 2.05) is 18.4 Å². The number of nitrogens with one attached hydrogen (secondary N) is 1. The smallest absolute Gasteiger partial charge is 0.134 e. The lowest BCUT2D eigenvalue weighted by Gasteiger charge is -2.25. The molecule has 0 spiro atoms. The molecule has 3 rings (SSSR count). The number of nitrogens with zero attached hydrogens (tertiary/aromatic N) is 1. The second-order valence-electron chi connectivity index (χ2n) is 6.14. The molecule has 0 aliphatic carbocycles. The van der Waals surface area contributed by atoms with Crippen molar-refractivity contribution >= 4 is 11.0 Å². The molecule has 1 aromatic carbocycles. The first-order valence-electron chi connectivity index (χ1n) is 8.27. The number of benzene rings is 1. The van der Waals surface area contributed by atoms with Crippen molar-refractivity contribution in [1.29, 1.82) is 0 Å². The van der Waals surface area contributed by atoms with Crippen LogP contribution in [0.25, 0.3) is 11.0 Å². The zero-order valence-corrected chi connectivity index (χ0v) is 13.0. The Hall–Kier alpha value is -1.32. The summed E-state index contributed by atoms with van der Waals surface area (Å²) in [6, 6.07) is 9.01. The molecule has 1 unspecified atom stereocenters. The summed E-state index contributed by atoms with van der Waals surface area (Å²) in [5, 5.41) is 4.88. The van der Waals surface area contributed by atoms with Gasteiger partial charge in [-0.15, -0.1) is 0 Å². The molecule has 1 N–H and O–H groups in total. The van der Waals surface area contributed by atoms with E-state index in [1.165, 1.54) is 49.7 Å². The largest absolute Gasteiger partial charge is 0.464 e. The average molecular weight is 286 g/mol. The highest BCUT2D eigenvalue weighted by Gasteiger charge is 2.18. The van der Waals surface area contributed by atoms with Crippen molar-refractivity contribution in [1.82, 2.24) is 10.2 Å². The van der Waals surface area contributed by atoms with Gasteiger partial charge in [0, 0.05) is 30.1 Å². The second-order valence-corrected chi connectivity index (χ2v) is 6.14. The number of hydrogen-bond acceptors (Lipinski definition) is 3. The summed E-state index contributed by atoms with van der Waals surface area (Å²) in [6.45, 7) is 6.77. The van der Waals surface area contributed by atoms with Crippen LogP contribution in [0.2, 0.25) is 0 Å². The Morgan fingerprint density at radius 2 is 2.24 bits per heavy atom. The van der Waals surface area contributed by atoms with Crippen molar-refractivity contribution in [3.05, 3.63) is 36.1 Å². The summed E-state index contributed by atoms with van der Waals surface area (Å²) < 4.78 is 5.68. The maximum absolute atomic E-state index is 5.68. The summed E-state index contributed by atoms with van der Waals surface area (Å²) >= 11 is 0. The molecule has 0 saturated carbocycles. The maximum atomic E-state index is 5.68. The Bertz CT molecular complexity index is 557. The van der Waals surface area contributed by atoms with Crippen LogP contribution in [-0.2, 0) is 6.54 Å². The van der Waals surface area contributed by atoms with Crippen LogP contribution >= 0.6 is 0 Å². The van der Waals surface area contributed by atoms with Crippen LogP contribution in [-0.4, -0.2) is 30.6 Å². The molecule has 0 bridgehead atoms. The van der Waals surface area contributed by atoms with Gasteiger partial charge in [-0.3, -0.25) is 4.90 Å². The first kappa shape index (κ1) is 14.6. The van der Waals surface area contributed by atoms with Crippen molar-refractivity contribution < 1.29 is 4.42 Å². The van der Waals surface area contributed by atoms with Crippen molar-refractivity contribution in [3.8, 4) is 0 Å². The van der Waals surface area contributed by atoms with Gasteiger partial charge < -0.3 is 9.73 Å². The number of fused-ring (bicyclic) bond motifs is 1. The standard InChI is InChI=1S/C18H26N2O/c1-2-3-11-20(13-16-7-6-10-19-16)12-15-14-21-18-9-5-4-8-17(15)18/h4-5,8-9,14,16,19H,2-3,6-7,10-13H2,1H3. The quantitative estimate of drug-likeness (QED) is 0.839. The first-order chi connectivity index (χ1) is 10.4. The van der Waals surface area contributed by atoms with E-state index in [0.717, 1.165) is 18.7 Å². The van der Waals surface area contributed by atoms with E-state index < -0.39 is 0 Å². The highest BCUT2D eigenvalue weighted by molar-refractivity contribution is 5.80. The average Bonchev–Trinajstić information content (AvgIpc) is 3.15. The fourth-order valence-electron chi connectivity index (χ4n) is 3.24. The number of hydrogen-bond donors (Lipinski definition) is 1. The predicted octanol–water partition coefficient (Wildman–Crippen LogP) is 3.79. The van der Waals surface area contributed by atoms with E-state index in [9.17, 15) is 0 Å². The van der Waals surface area contributed by atoms with Gasteiger partial charge in [-0.1, -0.05) is 31.5 Å². The Kier molecular flexibility index (Phi) is 4.94. The monoisotopic (exact) mass is 286 g/mol. The van der Waals surface area contributed by atoms with Crippen LogP contribution in [0.1, 0.15) is 38.2 Å². The van der Waals surface area contributed by atoms with Crippen molar-refractivity contribution in [2.24, 2.45) is 0 Å². The summed E-state index contributed by atoms with van der Waals surface area (Å²) in [4.78, 5) is 2.59. The second kappa shape index (κ2) is 7.10. The molecule has 0 radical (unpaired) electrons. The zero-order chi connectivity index (χ0) is 14.5. The SMILES string of the molecule is CCCCN(Cc1coc2ccccc12)CC1CCCN1. The molecule has 3 heteroatoms. The van der Waals surface area contributed by atoms with Gasteiger partial charge in [0.25, 0.3) is 0 Å². The molecule has 1 aliphatic heterocycles. The van der Waals surface area contributed by atoms with E-state index in [-0.39, 0.29) is 0 Å². The van der Waals surface area contributed by atoms with Crippen LogP contribution in [0.5, 0.6) is 0 Å². The summed E-state index contributed by atoms with van der Waals surface area (Å²) in [7, 11) is 0. The Morgan fingerprint density at radius 1 is 1.33 bits per heavy atom. The molecule has 1 aromatic heterocycles. The van der Waals surface area contributed by atoms with E-state index >= 15 is 0 Å². The lowest BCUT2D eigenvalue weighted by molar-refractivity contribution is 0.237. The van der Waals surface area contributed by atoms with E-state index in [0.29, 0.717) is 6.04 Å². The van der Waals surface area contributed by atoms with Crippen LogP contribution in [0.15, 0.2) is 34.9 Å². The van der Waals surface area contributed by atoms with Gasteiger partial charge in [0.2, 0.25) is 0 Å². The maximum Gasteiger partial charge on any atom is 0.134 e. The molecule has 3 nitrogen and oxygen atoms in total. The third kappa shape index (κ3) is 3.66. The number of para-hydroxylation sites is 1. The Labute approximate surface area is 127 Å². The Morgan fingerprint density at radius 3 is 3.05 bits per heavy atom. The first-order valence-corrected chi connectivity index (χ1v) is 8.27. The van der Waals surface area contributed by atoms with Crippen molar-refractivity contribution in [3.63, 3.8) is 0 Å². The molecule has 0 amide bonds. The zero-order valence-electron chi connectivity index (χ0n) is 13.0. The minimum atomic E-state index is 0.667. The summed E-state index contributed by atoms with van der Waals surface area (Å²) in [5.74, 6) is 0. The fraction of sp³-hybridized carbons (Fsp3) is 0.556. The molecule has 2 heterocycles. The molecule has 114 valence electrons. The fourth-order valence-corrected chi connectivity index (χ4v) is 3.24. The van der Waals surface area contributed by atoms with Gasteiger partial charge in [-0.25, -0.2) is 0 Å². The van der Waals surface area contributed by atoms with Gasteiger partial charge in [0.05, 0.1) is 6.26 Å². The third-order valence-electron chi connectivity index (χ3n) is 4.42. The number of rotatable bonds is 7. The summed E-state index contributed by atoms with van der Waals surface area (Å²) in [5.41, 5.74) is 2.32. The molecular weight excluding hydrogens is 260 g/mol. The lowest BCUT2D eigenvalue weighted by Crippen LogP contribution is -2.37. The van der Waals surface area contributed by atoms with Gasteiger partial charge in [0.1, 0.15) is 5.58 Å². The number of furan rings is 1. The molecular formula is C18H26N2O. The molecule has 1 saturated heterocycles. The topological polar surface area (TPSA) is 28.4 Å². The van der Waals surface area contributed by atoms with Crippen LogP contribution in [0.4, 0.5) is 0 Å². The van der Waals surface area contributed by atoms with Gasteiger partial charge in [-0.05, 0) is 38.4 Å². The van der Waals surface area contributed by atoms with Crippen molar-refractivity contribution in [2.75, 3.05) is 19.6 Å². The summed E-state index contributed by atoms with van der Waals surface area (Å²) in [6.07, 6.45) is 7.09. The van der Waals surface area contributed by atoms with Crippen LogP contribution < -0.4 is 5.32 Å². The van der Waals surface area contributed by atoms with E-state index in [2.05, 4.69) is 29.3 Å². The minimum Gasteiger partial charge on any atom is -0.464 e. The highest BCUT2D eigenvalue weighted by atomic mass is 16.3. The third-order valence-corrected chi connectivity index (χ3v) is 4.42. The van der Waals surface area contributed by atoms with Crippen LogP contribution in [0, 0.1) is 0 Å². The van der Waals surface area contributed by atoms with Gasteiger partial charge in [-0.2, -0.15) is 0 Å². The van der Waals surface area contributed by atoms with Crippen LogP contribution in [0.3, 0.4) is 0 Å². The molecule has 21 heavy (non-hydrogen) atoms. The van der Waals surface area contributed by atoms with E-state index in [1.54, 1.807) is 0 Å². The molecule has 1 atom stereocenters. The van der Waals surface area contributed by atoms with Gasteiger partial charge >= 0.3 is 0 Å². The predicted molar refractivity (Wildman–Crippen MR) is 87.4 cm³/mol. The van der Waals surface area contributed by atoms with E-state index in [4.69, 9.17) is 4.42 Å². The van der Waals surface area contributed by atoms with Crippen molar-refractivity contribution in [2.45, 2.75) is 45.2 Å².